The van der Waals surface area contributed by atoms with Gasteiger partial charge < -0.3 is 9.64 Å². The Labute approximate surface area is 209 Å². The molecule has 170 valence electrons. The van der Waals surface area contributed by atoms with Crippen LogP contribution in [0.15, 0.2) is 127 Å². The van der Waals surface area contributed by atoms with E-state index in [4.69, 9.17) is 14.7 Å². The number of rotatable bonds is 3. The fraction of sp³-hybridized carbons (Fsp3) is 0. The standard InChI is InChI=1S/C32H21N3O/c1-2-10-22(11-3-1)31-25-12-4-5-13-26(25)33-32(34-31)23-18-20-24(21-19-23)35-27-14-6-8-16-29(27)36-30-17-9-7-15-28(30)35/h1-21H. The first-order valence-corrected chi connectivity index (χ1v) is 11.9. The van der Waals surface area contributed by atoms with Crippen LogP contribution in [-0.4, -0.2) is 9.97 Å². The van der Waals surface area contributed by atoms with Gasteiger partial charge in [0.1, 0.15) is 0 Å². The Bertz CT molecular complexity index is 1670. The number of aromatic nitrogens is 2. The number of hydrogen-bond acceptors (Lipinski definition) is 4. The smallest absolute Gasteiger partial charge is 0.160 e. The molecule has 0 saturated heterocycles. The molecule has 6 aromatic rings. The normalized spacial score (nSPS) is 12.1. The van der Waals surface area contributed by atoms with Crippen molar-refractivity contribution in [3.63, 3.8) is 0 Å². The second kappa shape index (κ2) is 8.36. The lowest BCUT2D eigenvalue weighted by Gasteiger charge is -2.32. The highest BCUT2D eigenvalue weighted by atomic mass is 16.5. The molecule has 0 amide bonds. The van der Waals surface area contributed by atoms with Crippen LogP contribution in [0.4, 0.5) is 17.1 Å². The van der Waals surface area contributed by atoms with E-state index in [1.165, 1.54) is 0 Å². The van der Waals surface area contributed by atoms with Crippen molar-refractivity contribution < 1.29 is 4.74 Å². The number of anilines is 3. The molecule has 0 saturated carbocycles. The molecule has 1 aromatic heterocycles. The van der Waals surface area contributed by atoms with Gasteiger partial charge >= 0.3 is 0 Å². The second-order valence-electron chi connectivity index (χ2n) is 8.70. The molecule has 0 radical (unpaired) electrons. The average molecular weight is 464 g/mol. The van der Waals surface area contributed by atoms with Gasteiger partial charge in [0.05, 0.1) is 22.6 Å². The van der Waals surface area contributed by atoms with Crippen molar-refractivity contribution in [2.45, 2.75) is 0 Å². The largest absolute Gasteiger partial charge is 0.453 e. The minimum Gasteiger partial charge on any atom is -0.453 e. The first-order chi connectivity index (χ1) is 17.8. The number of benzene rings is 5. The van der Waals surface area contributed by atoms with E-state index < -0.39 is 0 Å². The second-order valence-corrected chi connectivity index (χ2v) is 8.70. The fourth-order valence-corrected chi connectivity index (χ4v) is 4.76. The lowest BCUT2D eigenvalue weighted by atomic mass is 10.1. The van der Waals surface area contributed by atoms with Gasteiger partial charge in [0.2, 0.25) is 0 Å². The van der Waals surface area contributed by atoms with E-state index in [1.54, 1.807) is 0 Å². The van der Waals surface area contributed by atoms with E-state index in [1.807, 2.05) is 72.8 Å². The molecular formula is C32H21N3O. The predicted octanol–water partition coefficient (Wildman–Crippen LogP) is 8.54. The topological polar surface area (TPSA) is 38.2 Å². The summed E-state index contributed by atoms with van der Waals surface area (Å²) in [6, 6.07) is 43.1. The molecule has 0 fully saturated rings. The monoisotopic (exact) mass is 463 g/mol. The summed E-state index contributed by atoms with van der Waals surface area (Å²) in [6.45, 7) is 0. The Kier molecular flexibility index (Phi) is 4.74. The maximum atomic E-state index is 6.16. The van der Waals surface area contributed by atoms with Gasteiger partial charge in [-0.15, -0.1) is 0 Å². The van der Waals surface area contributed by atoms with Crippen LogP contribution in [0, 0.1) is 0 Å². The molecule has 7 rings (SSSR count). The van der Waals surface area contributed by atoms with Crippen molar-refractivity contribution in [1.29, 1.82) is 0 Å². The van der Waals surface area contributed by atoms with Gasteiger partial charge in [-0.3, -0.25) is 0 Å². The number of ether oxygens (including phenoxy) is 1. The van der Waals surface area contributed by atoms with Crippen molar-refractivity contribution in [3.8, 4) is 34.1 Å². The molecule has 0 aliphatic carbocycles. The maximum absolute atomic E-state index is 6.16. The third kappa shape index (κ3) is 3.39. The van der Waals surface area contributed by atoms with Crippen molar-refractivity contribution in [2.24, 2.45) is 0 Å². The molecule has 4 nitrogen and oxygen atoms in total. The molecule has 1 aliphatic heterocycles. The minimum atomic E-state index is 0.710. The zero-order valence-corrected chi connectivity index (χ0v) is 19.4. The number of fused-ring (bicyclic) bond motifs is 3. The Morgan fingerprint density at radius 2 is 1.11 bits per heavy atom. The zero-order chi connectivity index (χ0) is 23.9. The van der Waals surface area contributed by atoms with Crippen molar-refractivity contribution in [3.05, 3.63) is 127 Å². The van der Waals surface area contributed by atoms with Crippen LogP contribution in [0.1, 0.15) is 0 Å². The number of para-hydroxylation sites is 5. The molecule has 0 unspecified atom stereocenters. The van der Waals surface area contributed by atoms with Crippen LogP contribution in [0.25, 0.3) is 33.5 Å². The highest BCUT2D eigenvalue weighted by Gasteiger charge is 2.25. The molecule has 0 N–H and O–H groups in total. The van der Waals surface area contributed by atoms with Crippen LogP contribution in [0.5, 0.6) is 11.5 Å². The summed E-state index contributed by atoms with van der Waals surface area (Å²) in [4.78, 5) is 12.1. The first-order valence-electron chi connectivity index (χ1n) is 11.9. The first kappa shape index (κ1) is 20.4. The van der Waals surface area contributed by atoms with E-state index in [0.29, 0.717) is 5.82 Å². The molecule has 36 heavy (non-hydrogen) atoms. The molecule has 2 heterocycles. The maximum Gasteiger partial charge on any atom is 0.160 e. The summed E-state index contributed by atoms with van der Waals surface area (Å²) in [6.07, 6.45) is 0. The van der Waals surface area contributed by atoms with Crippen molar-refractivity contribution in [1.82, 2.24) is 9.97 Å². The Morgan fingerprint density at radius 1 is 0.500 bits per heavy atom. The van der Waals surface area contributed by atoms with Crippen LogP contribution >= 0.6 is 0 Å². The molecule has 1 aliphatic rings. The van der Waals surface area contributed by atoms with Gasteiger partial charge in [-0.05, 0) is 54.6 Å². The Balaban J connectivity index is 1.34. The Morgan fingerprint density at radius 3 is 1.83 bits per heavy atom. The SMILES string of the molecule is c1ccc(-c2nc(-c3ccc(N4c5ccccc5Oc5ccccc54)cc3)nc3ccccc23)cc1. The number of hydrogen-bond donors (Lipinski definition) is 0. The Hall–Kier alpha value is -4.96. The zero-order valence-electron chi connectivity index (χ0n) is 19.4. The minimum absolute atomic E-state index is 0.710. The quantitative estimate of drug-likeness (QED) is 0.263. The highest BCUT2D eigenvalue weighted by Crippen LogP contribution is 2.50. The summed E-state index contributed by atoms with van der Waals surface area (Å²) in [5.41, 5.74) is 6.99. The summed E-state index contributed by atoms with van der Waals surface area (Å²) < 4.78 is 6.16. The van der Waals surface area contributed by atoms with E-state index in [0.717, 1.165) is 56.3 Å². The summed E-state index contributed by atoms with van der Waals surface area (Å²) in [5, 5.41) is 1.05. The van der Waals surface area contributed by atoms with Gasteiger partial charge in [0, 0.05) is 22.2 Å². The predicted molar refractivity (Wildman–Crippen MR) is 145 cm³/mol. The highest BCUT2D eigenvalue weighted by molar-refractivity contribution is 5.93. The van der Waals surface area contributed by atoms with Crippen LogP contribution in [0.3, 0.4) is 0 Å². The van der Waals surface area contributed by atoms with Crippen LogP contribution in [0.2, 0.25) is 0 Å². The van der Waals surface area contributed by atoms with Gasteiger partial charge in [0.15, 0.2) is 17.3 Å². The summed E-state index contributed by atoms with van der Waals surface area (Å²) >= 11 is 0. The fourth-order valence-electron chi connectivity index (χ4n) is 4.76. The van der Waals surface area contributed by atoms with Gasteiger partial charge in [-0.1, -0.05) is 72.8 Å². The van der Waals surface area contributed by atoms with Gasteiger partial charge in [0.25, 0.3) is 0 Å². The van der Waals surface area contributed by atoms with E-state index in [-0.39, 0.29) is 0 Å². The molecular weight excluding hydrogens is 442 g/mol. The lowest BCUT2D eigenvalue weighted by Crippen LogP contribution is -2.15. The van der Waals surface area contributed by atoms with Gasteiger partial charge in [-0.25, -0.2) is 9.97 Å². The van der Waals surface area contributed by atoms with Crippen LogP contribution in [-0.2, 0) is 0 Å². The van der Waals surface area contributed by atoms with Crippen molar-refractivity contribution in [2.75, 3.05) is 4.90 Å². The van der Waals surface area contributed by atoms with E-state index >= 15 is 0 Å². The number of nitrogens with zero attached hydrogens (tertiary/aromatic N) is 3. The molecule has 0 spiro atoms. The molecule has 0 bridgehead atoms. The summed E-state index contributed by atoms with van der Waals surface area (Å²) in [5.74, 6) is 2.39. The third-order valence-corrected chi connectivity index (χ3v) is 6.47. The lowest BCUT2D eigenvalue weighted by molar-refractivity contribution is 0.477. The summed E-state index contributed by atoms with van der Waals surface area (Å²) in [7, 11) is 0. The molecule has 0 atom stereocenters. The van der Waals surface area contributed by atoms with E-state index in [9.17, 15) is 0 Å². The molecule has 4 heteroatoms. The van der Waals surface area contributed by atoms with Gasteiger partial charge in [-0.2, -0.15) is 0 Å². The molecule has 5 aromatic carbocycles. The van der Waals surface area contributed by atoms with Crippen LogP contribution < -0.4 is 9.64 Å². The average Bonchev–Trinajstić information content (AvgIpc) is 2.96. The van der Waals surface area contributed by atoms with E-state index in [2.05, 4.69) is 59.5 Å². The third-order valence-electron chi connectivity index (χ3n) is 6.47. The van der Waals surface area contributed by atoms with Crippen molar-refractivity contribution >= 4 is 28.0 Å².